The molecule has 14 heteroatoms. The van der Waals surface area contributed by atoms with Crippen LogP contribution < -0.4 is 30.3 Å². The monoisotopic (exact) mass is 766 g/mol. The summed E-state index contributed by atoms with van der Waals surface area (Å²) in [6.07, 6.45) is 1.50. The molecule has 0 bridgehead atoms. The summed E-state index contributed by atoms with van der Waals surface area (Å²) in [5.74, 6) is 0.196. The number of esters is 1. The molecule has 0 aliphatic carbocycles. The topological polar surface area (TPSA) is 137 Å². The van der Waals surface area contributed by atoms with Crippen molar-refractivity contribution in [1.82, 2.24) is 16.1 Å². The van der Waals surface area contributed by atoms with Crippen LogP contribution in [0.2, 0.25) is 10.0 Å². The molecule has 3 aromatic carbocycles. The average Bonchev–Trinajstić information content (AvgIpc) is 3.00. The van der Waals surface area contributed by atoms with E-state index in [1.165, 1.54) is 13.3 Å². The van der Waals surface area contributed by atoms with Gasteiger partial charge in [0.25, 0.3) is 5.91 Å². The molecule has 1 heterocycles. The van der Waals surface area contributed by atoms with Gasteiger partial charge in [-0.1, -0.05) is 35.3 Å². The molecule has 0 radical (unpaired) electrons. The third kappa shape index (κ3) is 9.02. The van der Waals surface area contributed by atoms with E-state index in [2.05, 4.69) is 43.8 Å². The Bertz CT molecular complexity index is 1660. The molecular formula is C31H29Cl2IN4O7. The number of rotatable bonds is 12. The van der Waals surface area contributed by atoms with Gasteiger partial charge in [-0.2, -0.15) is 5.10 Å². The van der Waals surface area contributed by atoms with Crippen LogP contribution in [0.4, 0.5) is 4.79 Å². The fourth-order valence-electron chi connectivity index (χ4n) is 4.27. The highest BCUT2D eigenvalue weighted by Gasteiger charge is 2.32. The average molecular weight is 767 g/mol. The van der Waals surface area contributed by atoms with Crippen LogP contribution in [-0.2, 0) is 20.9 Å². The lowest BCUT2D eigenvalue weighted by atomic mass is 9.95. The first-order valence-electron chi connectivity index (χ1n) is 13.5. The van der Waals surface area contributed by atoms with Crippen molar-refractivity contribution in [2.24, 2.45) is 5.10 Å². The minimum Gasteiger partial charge on any atom is -0.493 e. The van der Waals surface area contributed by atoms with Crippen molar-refractivity contribution in [3.63, 3.8) is 0 Å². The fraction of sp³-hybridized carbons (Fsp3) is 0.226. The van der Waals surface area contributed by atoms with Crippen LogP contribution in [0, 0.1) is 3.57 Å². The van der Waals surface area contributed by atoms with E-state index in [0.717, 1.165) is 14.7 Å². The van der Waals surface area contributed by atoms with Crippen molar-refractivity contribution in [3.8, 4) is 17.2 Å². The van der Waals surface area contributed by atoms with Crippen LogP contribution in [0.25, 0.3) is 0 Å². The largest absolute Gasteiger partial charge is 0.493 e. The zero-order valence-electron chi connectivity index (χ0n) is 24.4. The predicted octanol–water partition coefficient (Wildman–Crippen LogP) is 5.91. The molecule has 1 atom stereocenters. The number of amides is 3. The molecular weight excluding hydrogens is 738 g/mol. The van der Waals surface area contributed by atoms with Gasteiger partial charge in [-0.25, -0.2) is 15.0 Å². The van der Waals surface area contributed by atoms with E-state index in [1.807, 2.05) is 12.1 Å². The van der Waals surface area contributed by atoms with Gasteiger partial charge in [0, 0.05) is 21.3 Å². The van der Waals surface area contributed by atoms with E-state index in [4.69, 9.17) is 42.1 Å². The molecule has 0 aromatic heterocycles. The normalized spacial score (nSPS) is 14.4. The van der Waals surface area contributed by atoms with Crippen molar-refractivity contribution in [1.29, 1.82) is 0 Å². The van der Waals surface area contributed by atoms with E-state index in [9.17, 15) is 14.4 Å². The van der Waals surface area contributed by atoms with Crippen LogP contribution in [0.15, 0.2) is 71.0 Å². The second kappa shape index (κ2) is 15.8. The number of allylic oxidation sites excluding steroid dienone is 1. The molecule has 3 N–H and O–H groups in total. The van der Waals surface area contributed by atoms with Crippen LogP contribution in [0.5, 0.6) is 17.2 Å². The molecule has 0 saturated heterocycles. The Morgan fingerprint density at radius 3 is 2.53 bits per heavy atom. The Morgan fingerprint density at radius 2 is 1.82 bits per heavy atom. The molecule has 45 heavy (non-hydrogen) atoms. The van der Waals surface area contributed by atoms with Crippen LogP contribution in [0.3, 0.4) is 0 Å². The van der Waals surface area contributed by atoms with Gasteiger partial charge in [0.05, 0.1) is 35.1 Å². The highest BCUT2D eigenvalue weighted by molar-refractivity contribution is 14.1. The molecule has 0 spiro atoms. The SMILES string of the molecule is CCOC(=O)C1=C(C)NC(=O)N[C@@H]1c1ccc(OCC(=O)N/N=C\c2ccc(OCc3ccc(Cl)cc3Cl)c(I)c2)c(OC)c1. The predicted molar refractivity (Wildman–Crippen MR) is 178 cm³/mol. The maximum Gasteiger partial charge on any atom is 0.338 e. The molecule has 1 aliphatic rings. The number of nitrogens with one attached hydrogen (secondary N) is 3. The quantitative estimate of drug-likeness (QED) is 0.0904. The van der Waals surface area contributed by atoms with Gasteiger partial charge < -0.3 is 29.6 Å². The summed E-state index contributed by atoms with van der Waals surface area (Å²) >= 11 is 14.3. The molecule has 0 saturated carbocycles. The number of carbonyl (C=O) groups excluding carboxylic acids is 3. The number of carbonyl (C=O) groups is 3. The lowest BCUT2D eigenvalue weighted by molar-refractivity contribution is -0.139. The summed E-state index contributed by atoms with van der Waals surface area (Å²) in [4.78, 5) is 37.2. The van der Waals surface area contributed by atoms with E-state index < -0.39 is 23.9 Å². The van der Waals surface area contributed by atoms with Crippen LogP contribution >= 0.6 is 45.8 Å². The van der Waals surface area contributed by atoms with Crippen LogP contribution in [0.1, 0.15) is 36.6 Å². The number of urea groups is 1. The summed E-state index contributed by atoms with van der Waals surface area (Å²) in [5, 5.41) is 10.4. The molecule has 11 nitrogen and oxygen atoms in total. The molecule has 0 unspecified atom stereocenters. The van der Waals surface area contributed by atoms with E-state index in [0.29, 0.717) is 32.8 Å². The highest BCUT2D eigenvalue weighted by Crippen LogP contribution is 2.34. The van der Waals surface area contributed by atoms with Gasteiger partial charge in [0.2, 0.25) is 0 Å². The summed E-state index contributed by atoms with van der Waals surface area (Å²) < 4.78 is 23.0. The third-order valence-electron chi connectivity index (χ3n) is 6.40. The van der Waals surface area contributed by atoms with Gasteiger partial charge in [0.1, 0.15) is 12.4 Å². The third-order valence-corrected chi connectivity index (χ3v) is 7.83. The number of methoxy groups -OCH3 is 1. The number of ether oxygens (including phenoxy) is 4. The molecule has 4 rings (SSSR count). The zero-order chi connectivity index (χ0) is 32.5. The fourth-order valence-corrected chi connectivity index (χ4v) is 5.43. The highest BCUT2D eigenvalue weighted by atomic mass is 127. The summed E-state index contributed by atoms with van der Waals surface area (Å²) in [6.45, 7) is 3.44. The first-order valence-corrected chi connectivity index (χ1v) is 15.4. The maximum absolute atomic E-state index is 12.6. The minimum atomic E-state index is -0.774. The standard InChI is InChI=1S/C31H29Cl2IN4O7/c1-4-43-30(40)28-17(2)36-31(41)37-29(28)19-7-10-25(26(12-19)42-3)45-16-27(39)38-35-14-18-5-9-24(23(34)11-18)44-15-20-6-8-21(32)13-22(20)33/h5-14,29H,4,15-16H2,1-3H3,(H,38,39)(H2,36,37,41)/b35-14-/t29-/m1/s1. The van der Waals surface area contributed by atoms with Crippen LogP contribution in [-0.4, -0.2) is 44.4 Å². The second-order valence-corrected chi connectivity index (χ2v) is 11.5. The molecule has 236 valence electrons. The number of hydrogen-bond acceptors (Lipinski definition) is 8. The minimum absolute atomic E-state index is 0.181. The van der Waals surface area contributed by atoms with Crippen molar-refractivity contribution in [2.45, 2.75) is 26.5 Å². The first kappa shape index (κ1) is 33.9. The second-order valence-electron chi connectivity index (χ2n) is 9.50. The Kier molecular flexibility index (Phi) is 11.9. The lowest BCUT2D eigenvalue weighted by Crippen LogP contribution is -2.45. The Labute approximate surface area is 283 Å². The number of benzene rings is 3. The van der Waals surface area contributed by atoms with Crippen molar-refractivity contribution < 1.29 is 33.3 Å². The van der Waals surface area contributed by atoms with Gasteiger partial charge in [-0.15, -0.1) is 0 Å². The van der Waals surface area contributed by atoms with Gasteiger partial charge >= 0.3 is 12.0 Å². The van der Waals surface area contributed by atoms with Crippen molar-refractivity contribution >= 4 is 69.9 Å². The number of nitrogens with zero attached hydrogens (tertiary/aromatic N) is 1. The Hall–Kier alpha value is -4.01. The molecule has 0 fully saturated rings. The van der Waals surface area contributed by atoms with E-state index in [-0.39, 0.29) is 31.1 Å². The maximum atomic E-state index is 12.6. The van der Waals surface area contributed by atoms with Gasteiger partial charge in [-0.05, 0) is 90.0 Å². The zero-order valence-corrected chi connectivity index (χ0v) is 28.1. The number of halogens is 3. The lowest BCUT2D eigenvalue weighted by Gasteiger charge is -2.28. The number of hydrogen-bond donors (Lipinski definition) is 3. The molecule has 3 amide bonds. The summed E-state index contributed by atoms with van der Waals surface area (Å²) in [5.41, 5.74) is 5.20. The van der Waals surface area contributed by atoms with E-state index >= 15 is 0 Å². The Morgan fingerprint density at radius 1 is 1.04 bits per heavy atom. The first-order chi connectivity index (χ1) is 21.6. The van der Waals surface area contributed by atoms with Crippen molar-refractivity contribution in [2.75, 3.05) is 20.3 Å². The Balaban J connectivity index is 1.33. The summed E-state index contributed by atoms with van der Waals surface area (Å²) in [6, 6.07) is 14.3. The molecule has 1 aliphatic heterocycles. The smallest absolute Gasteiger partial charge is 0.338 e. The number of hydrazone groups is 1. The van der Waals surface area contributed by atoms with Gasteiger partial charge in [-0.3, -0.25) is 4.79 Å². The van der Waals surface area contributed by atoms with E-state index in [1.54, 1.807) is 56.3 Å². The van der Waals surface area contributed by atoms with Crippen molar-refractivity contribution in [3.05, 3.63) is 96.2 Å². The van der Waals surface area contributed by atoms with Gasteiger partial charge in [0.15, 0.2) is 18.1 Å². The summed E-state index contributed by atoms with van der Waals surface area (Å²) in [7, 11) is 1.44. The molecule has 3 aromatic rings.